The van der Waals surface area contributed by atoms with E-state index < -0.39 is 0 Å². The average Bonchev–Trinajstić information content (AvgIpc) is 3.78. The second-order valence-corrected chi connectivity index (χ2v) is 12.0. The van der Waals surface area contributed by atoms with E-state index in [4.69, 9.17) is 0 Å². The van der Waals surface area contributed by atoms with Gasteiger partial charge in [0.25, 0.3) is 0 Å². The molecule has 0 bridgehead atoms. The topological polar surface area (TPSA) is 35.6 Å². The van der Waals surface area contributed by atoms with Gasteiger partial charge in [0.15, 0.2) is 0 Å². The highest BCUT2D eigenvalue weighted by Crippen LogP contribution is 2.30. The zero-order valence-corrected chi connectivity index (χ0v) is 27.5. The number of hydrogen-bond acceptors (Lipinski definition) is 2. The normalized spacial score (nSPS) is 10.6. The molecule has 7 rings (SSSR count). The van der Waals surface area contributed by atoms with Crippen molar-refractivity contribution in [2.45, 2.75) is 27.7 Å². The highest BCUT2D eigenvalue weighted by atomic mass is 15.3. The largest absolute Gasteiger partial charge is 0.233 e. The minimum atomic E-state index is 0.920. The summed E-state index contributed by atoms with van der Waals surface area (Å²) in [6.07, 6.45) is 3.70. The molecule has 5 aromatic carbocycles. The van der Waals surface area contributed by atoms with Gasteiger partial charge in [-0.25, -0.2) is 9.36 Å². The molecule has 2 aromatic heterocycles. The fourth-order valence-corrected chi connectivity index (χ4v) is 6.17. The molecule has 0 aliphatic rings. The molecule has 0 saturated heterocycles. The quantitative estimate of drug-likeness (QED) is 0.184. The SMILES string of the molecule is Cc1cccc(C)c1-c1ccnn1-c1ccc(C#Cc2cccc(C#Cc3ccc(-n4nccc4-c4c(C)cccc4C)cc3)c2)cc1. The van der Waals surface area contributed by atoms with Gasteiger partial charge in [-0.15, -0.1) is 0 Å². The van der Waals surface area contributed by atoms with E-state index in [0.717, 1.165) is 45.0 Å². The summed E-state index contributed by atoms with van der Waals surface area (Å²) in [6.45, 7) is 8.56. The maximum atomic E-state index is 4.62. The van der Waals surface area contributed by atoms with Crippen LogP contribution in [0.4, 0.5) is 0 Å². The summed E-state index contributed by atoms with van der Waals surface area (Å²) in [6, 6.07) is 41.4. The van der Waals surface area contributed by atoms with Crippen LogP contribution in [0.3, 0.4) is 0 Å². The molecule has 0 spiro atoms. The molecular formula is C44H34N4. The molecule has 7 aromatic rings. The molecule has 2 heterocycles. The summed E-state index contributed by atoms with van der Waals surface area (Å²) in [7, 11) is 0. The summed E-state index contributed by atoms with van der Waals surface area (Å²) >= 11 is 0. The van der Waals surface area contributed by atoms with Gasteiger partial charge in [-0.05, 0) is 129 Å². The summed E-state index contributed by atoms with van der Waals surface area (Å²) in [5, 5.41) is 9.24. The van der Waals surface area contributed by atoms with Gasteiger partial charge in [-0.1, -0.05) is 66.1 Å². The molecule has 0 radical (unpaired) electrons. The lowest BCUT2D eigenvalue weighted by atomic mass is 10.00. The van der Waals surface area contributed by atoms with Crippen molar-refractivity contribution in [1.82, 2.24) is 19.6 Å². The van der Waals surface area contributed by atoms with E-state index in [9.17, 15) is 0 Å². The molecule has 0 unspecified atom stereocenters. The molecular weight excluding hydrogens is 585 g/mol. The number of hydrogen-bond donors (Lipinski definition) is 0. The van der Waals surface area contributed by atoms with Gasteiger partial charge < -0.3 is 0 Å². The van der Waals surface area contributed by atoms with Crippen LogP contribution >= 0.6 is 0 Å². The summed E-state index contributed by atoms with van der Waals surface area (Å²) in [5.41, 5.74) is 15.3. The first-order valence-electron chi connectivity index (χ1n) is 16.0. The van der Waals surface area contributed by atoms with Crippen LogP contribution in [0.5, 0.6) is 0 Å². The van der Waals surface area contributed by atoms with Gasteiger partial charge in [0.05, 0.1) is 35.2 Å². The number of aromatic nitrogens is 4. The van der Waals surface area contributed by atoms with Gasteiger partial charge in [-0.2, -0.15) is 10.2 Å². The molecule has 4 heteroatoms. The van der Waals surface area contributed by atoms with Crippen LogP contribution in [0.25, 0.3) is 33.9 Å². The molecule has 0 N–H and O–H groups in total. The Kier molecular flexibility index (Phi) is 8.31. The first-order chi connectivity index (χ1) is 23.4. The van der Waals surface area contributed by atoms with Crippen molar-refractivity contribution in [3.63, 3.8) is 0 Å². The molecule has 230 valence electrons. The van der Waals surface area contributed by atoms with Crippen molar-refractivity contribution >= 4 is 0 Å². The first-order valence-corrected chi connectivity index (χ1v) is 16.0. The molecule has 0 aliphatic carbocycles. The smallest absolute Gasteiger partial charge is 0.0746 e. The van der Waals surface area contributed by atoms with E-state index in [2.05, 4.69) is 134 Å². The van der Waals surface area contributed by atoms with Gasteiger partial charge in [-0.3, -0.25) is 0 Å². The Morgan fingerprint density at radius 2 is 0.750 bits per heavy atom. The third-order valence-corrected chi connectivity index (χ3v) is 8.55. The lowest BCUT2D eigenvalue weighted by Gasteiger charge is -2.12. The van der Waals surface area contributed by atoms with Crippen molar-refractivity contribution < 1.29 is 0 Å². The molecule has 0 saturated carbocycles. The van der Waals surface area contributed by atoms with Crippen LogP contribution in [0.15, 0.2) is 134 Å². The molecule has 0 amide bonds. The third-order valence-electron chi connectivity index (χ3n) is 8.55. The second kappa shape index (κ2) is 13.2. The van der Waals surface area contributed by atoms with E-state index >= 15 is 0 Å². The predicted molar refractivity (Wildman–Crippen MR) is 195 cm³/mol. The number of benzene rings is 5. The minimum Gasteiger partial charge on any atom is -0.233 e. The van der Waals surface area contributed by atoms with Crippen molar-refractivity contribution in [2.75, 3.05) is 0 Å². The summed E-state index contributed by atoms with van der Waals surface area (Å²) < 4.78 is 3.98. The number of nitrogens with zero attached hydrogens (tertiary/aromatic N) is 4. The second-order valence-electron chi connectivity index (χ2n) is 12.0. The van der Waals surface area contributed by atoms with Crippen LogP contribution in [-0.4, -0.2) is 19.6 Å². The molecule has 4 nitrogen and oxygen atoms in total. The fraction of sp³-hybridized carbons (Fsp3) is 0.0909. The Bertz CT molecular complexity index is 2170. The Morgan fingerprint density at radius 1 is 0.396 bits per heavy atom. The van der Waals surface area contributed by atoms with E-state index in [1.54, 1.807) is 0 Å². The highest BCUT2D eigenvalue weighted by Gasteiger charge is 2.13. The van der Waals surface area contributed by atoms with Crippen LogP contribution < -0.4 is 0 Å². The first kappa shape index (κ1) is 30.3. The standard InChI is InChI=1S/C44H34N4/c1-31-8-5-9-32(2)43(31)41-26-28-45-47(41)39-22-18-35(19-23-39)14-16-37-12-7-13-38(30-37)17-15-36-20-24-40(25-21-36)48-42(27-29-46-48)44-33(3)10-6-11-34(44)4/h5-13,18-30H,1-4H3. The van der Waals surface area contributed by atoms with Gasteiger partial charge in [0.1, 0.15) is 0 Å². The lowest BCUT2D eigenvalue weighted by Crippen LogP contribution is -2.01. The Hall–Kier alpha value is -6.36. The van der Waals surface area contributed by atoms with Crippen molar-refractivity contribution in [1.29, 1.82) is 0 Å². The third kappa shape index (κ3) is 6.21. The predicted octanol–water partition coefficient (Wildman–Crippen LogP) is 9.43. The summed E-state index contributed by atoms with van der Waals surface area (Å²) in [4.78, 5) is 0. The monoisotopic (exact) mass is 618 g/mol. The van der Waals surface area contributed by atoms with Gasteiger partial charge >= 0.3 is 0 Å². The molecule has 0 aliphatic heterocycles. The Morgan fingerprint density at radius 3 is 1.15 bits per heavy atom. The Labute approximate surface area is 282 Å². The van der Waals surface area contributed by atoms with Crippen LogP contribution in [0.1, 0.15) is 44.5 Å². The van der Waals surface area contributed by atoms with Crippen molar-refractivity contribution in [3.8, 4) is 57.6 Å². The van der Waals surface area contributed by atoms with Crippen molar-refractivity contribution in [2.24, 2.45) is 0 Å². The van der Waals surface area contributed by atoms with Crippen LogP contribution in [-0.2, 0) is 0 Å². The highest BCUT2D eigenvalue weighted by molar-refractivity contribution is 5.70. The average molecular weight is 619 g/mol. The maximum absolute atomic E-state index is 4.62. The minimum absolute atomic E-state index is 0.920. The van der Waals surface area contributed by atoms with Crippen molar-refractivity contribution in [3.05, 3.63) is 178 Å². The van der Waals surface area contributed by atoms with E-state index in [0.29, 0.717) is 0 Å². The van der Waals surface area contributed by atoms with Gasteiger partial charge in [0.2, 0.25) is 0 Å². The van der Waals surface area contributed by atoms with E-state index in [1.807, 2.05) is 70.3 Å². The molecule has 0 fully saturated rings. The van der Waals surface area contributed by atoms with Crippen LogP contribution in [0.2, 0.25) is 0 Å². The number of aryl methyl sites for hydroxylation is 4. The van der Waals surface area contributed by atoms with Gasteiger partial charge in [0, 0.05) is 33.4 Å². The van der Waals surface area contributed by atoms with E-state index in [-0.39, 0.29) is 0 Å². The maximum Gasteiger partial charge on any atom is 0.0746 e. The lowest BCUT2D eigenvalue weighted by molar-refractivity contribution is 0.886. The molecule has 48 heavy (non-hydrogen) atoms. The zero-order chi connectivity index (χ0) is 33.0. The zero-order valence-electron chi connectivity index (χ0n) is 27.5. The van der Waals surface area contributed by atoms with Crippen LogP contribution in [0, 0.1) is 51.4 Å². The Balaban J connectivity index is 1.06. The summed E-state index contributed by atoms with van der Waals surface area (Å²) in [5.74, 6) is 13.2. The fourth-order valence-electron chi connectivity index (χ4n) is 6.17. The molecule has 0 atom stereocenters. The number of rotatable bonds is 4. The van der Waals surface area contributed by atoms with E-state index in [1.165, 1.54) is 33.4 Å².